The first kappa shape index (κ1) is 19.5. The van der Waals surface area contributed by atoms with Crippen LogP contribution in [0.5, 0.6) is 0 Å². The number of nitrogen functional groups attached to an aromatic ring is 1. The molecule has 152 valence electrons. The van der Waals surface area contributed by atoms with Gasteiger partial charge < -0.3 is 11.1 Å². The minimum Gasteiger partial charge on any atom is -0.383 e. The van der Waals surface area contributed by atoms with E-state index in [1.807, 2.05) is 36.4 Å². The first-order chi connectivity index (χ1) is 14.5. The van der Waals surface area contributed by atoms with E-state index in [9.17, 15) is 4.79 Å². The molecule has 4 rings (SSSR count). The number of para-hydroxylation sites is 2. The Kier molecular flexibility index (Phi) is 5.38. The van der Waals surface area contributed by atoms with Crippen molar-refractivity contribution < 1.29 is 4.79 Å². The van der Waals surface area contributed by atoms with E-state index in [4.69, 9.17) is 5.73 Å². The van der Waals surface area contributed by atoms with Gasteiger partial charge in [0.25, 0.3) is 5.91 Å². The van der Waals surface area contributed by atoms with Crippen LogP contribution in [0, 0.1) is 5.92 Å². The zero-order valence-electron chi connectivity index (χ0n) is 16.9. The first-order valence-corrected chi connectivity index (χ1v) is 9.84. The minimum absolute atomic E-state index is 0.197. The fourth-order valence-corrected chi connectivity index (χ4v) is 3.13. The third-order valence-electron chi connectivity index (χ3n) is 4.71. The second-order valence-electron chi connectivity index (χ2n) is 7.43. The number of hydrogen-bond acceptors (Lipinski definition) is 6. The van der Waals surface area contributed by atoms with Crippen molar-refractivity contribution in [3.05, 3.63) is 59.9 Å². The van der Waals surface area contributed by atoms with Gasteiger partial charge >= 0.3 is 0 Å². The Labute approximate surface area is 173 Å². The van der Waals surface area contributed by atoms with E-state index < -0.39 is 0 Å². The number of nitrogens with two attached hydrogens (primary N) is 1. The second-order valence-corrected chi connectivity index (χ2v) is 7.43. The monoisotopic (exact) mass is 401 g/mol. The van der Waals surface area contributed by atoms with E-state index in [2.05, 4.69) is 39.2 Å². The maximum absolute atomic E-state index is 13.0. The quantitative estimate of drug-likeness (QED) is 0.482. The molecule has 30 heavy (non-hydrogen) atoms. The molecule has 0 saturated heterocycles. The Balaban J connectivity index is 1.83. The van der Waals surface area contributed by atoms with Crippen LogP contribution in [0.15, 0.2) is 53.9 Å². The normalized spacial score (nSPS) is 11.7. The van der Waals surface area contributed by atoms with Crippen LogP contribution < -0.4 is 11.1 Å². The van der Waals surface area contributed by atoms with E-state index in [1.165, 1.54) is 4.68 Å². The third-order valence-corrected chi connectivity index (χ3v) is 4.71. The number of amides is 1. The fraction of sp³-hybridized carbons (Fsp3) is 0.227. The van der Waals surface area contributed by atoms with Crippen molar-refractivity contribution in [1.29, 1.82) is 0 Å². The third kappa shape index (κ3) is 3.84. The first-order valence-electron chi connectivity index (χ1n) is 9.84. The average Bonchev–Trinajstić information content (AvgIpc) is 3.01. The summed E-state index contributed by atoms with van der Waals surface area (Å²) in [5.74, 6) is 0.400. The molecule has 8 heteroatoms. The van der Waals surface area contributed by atoms with Gasteiger partial charge in [-0.2, -0.15) is 9.78 Å². The summed E-state index contributed by atoms with van der Waals surface area (Å²) in [5.41, 5.74) is 9.71. The SMILES string of the molecule is CC(C)CCNC(=O)c1c(N)n(N=Cc2cccnc2)c2nc3ccccc3nc12. The number of benzene rings is 1. The van der Waals surface area contributed by atoms with Crippen molar-refractivity contribution in [3.8, 4) is 0 Å². The highest BCUT2D eigenvalue weighted by molar-refractivity contribution is 6.10. The lowest BCUT2D eigenvalue weighted by atomic mass is 10.1. The Morgan fingerprint density at radius 3 is 2.67 bits per heavy atom. The molecule has 0 atom stereocenters. The summed E-state index contributed by atoms with van der Waals surface area (Å²) in [5, 5.41) is 7.40. The summed E-state index contributed by atoms with van der Waals surface area (Å²) < 4.78 is 1.46. The number of pyridine rings is 1. The largest absolute Gasteiger partial charge is 0.383 e. The Bertz CT molecular complexity index is 1230. The zero-order chi connectivity index (χ0) is 21.1. The van der Waals surface area contributed by atoms with Gasteiger partial charge in [-0.1, -0.05) is 32.0 Å². The summed E-state index contributed by atoms with van der Waals surface area (Å²) >= 11 is 0. The molecule has 3 N–H and O–H groups in total. The Morgan fingerprint density at radius 1 is 1.20 bits per heavy atom. The van der Waals surface area contributed by atoms with Gasteiger partial charge in [-0.3, -0.25) is 9.78 Å². The van der Waals surface area contributed by atoms with Crippen LogP contribution in [0.4, 0.5) is 5.82 Å². The number of anilines is 1. The Hall–Kier alpha value is -3.81. The maximum Gasteiger partial charge on any atom is 0.257 e. The lowest BCUT2D eigenvalue weighted by Gasteiger charge is -2.07. The Morgan fingerprint density at radius 2 is 1.97 bits per heavy atom. The molecule has 8 nitrogen and oxygen atoms in total. The van der Waals surface area contributed by atoms with Crippen molar-refractivity contribution in [2.45, 2.75) is 20.3 Å². The number of fused-ring (bicyclic) bond motifs is 2. The molecule has 3 heterocycles. The molecule has 0 aliphatic rings. The van der Waals surface area contributed by atoms with Crippen molar-refractivity contribution in [2.24, 2.45) is 11.0 Å². The number of aromatic nitrogens is 4. The lowest BCUT2D eigenvalue weighted by molar-refractivity contribution is 0.0954. The number of rotatable bonds is 6. The van der Waals surface area contributed by atoms with Crippen LogP contribution in [0.1, 0.15) is 36.2 Å². The highest BCUT2D eigenvalue weighted by Crippen LogP contribution is 2.27. The van der Waals surface area contributed by atoms with Crippen LogP contribution in [0.25, 0.3) is 22.2 Å². The molecule has 0 saturated carbocycles. The van der Waals surface area contributed by atoms with Crippen LogP contribution >= 0.6 is 0 Å². The predicted molar refractivity (Wildman–Crippen MR) is 118 cm³/mol. The predicted octanol–water partition coefficient (Wildman–Crippen LogP) is 3.22. The number of carbonyl (C=O) groups is 1. The van der Waals surface area contributed by atoms with E-state index in [1.54, 1.807) is 18.6 Å². The standard InChI is InChI=1S/C22H23N7O/c1-14(2)9-11-25-22(30)18-19-21(28-17-8-4-3-7-16(17)27-19)29(20(18)23)26-13-15-6-5-10-24-12-15/h3-8,10,12-14H,9,11,23H2,1-2H3,(H,25,30). The van der Waals surface area contributed by atoms with E-state index in [-0.39, 0.29) is 17.3 Å². The molecule has 3 aromatic heterocycles. The molecule has 1 amide bonds. The molecule has 4 aromatic rings. The van der Waals surface area contributed by atoms with Crippen LogP contribution in [0.3, 0.4) is 0 Å². The van der Waals surface area contributed by atoms with E-state index in [0.29, 0.717) is 34.7 Å². The summed E-state index contributed by atoms with van der Waals surface area (Å²) in [6, 6.07) is 11.2. The van der Waals surface area contributed by atoms with Crippen LogP contribution in [-0.2, 0) is 0 Å². The van der Waals surface area contributed by atoms with Gasteiger partial charge in [0, 0.05) is 24.5 Å². The number of hydrogen-bond donors (Lipinski definition) is 2. The van der Waals surface area contributed by atoms with Gasteiger partial charge in [0.2, 0.25) is 0 Å². The highest BCUT2D eigenvalue weighted by Gasteiger charge is 2.23. The maximum atomic E-state index is 13.0. The highest BCUT2D eigenvalue weighted by atomic mass is 16.1. The lowest BCUT2D eigenvalue weighted by Crippen LogP contribution is -2.26. The average molecular weight is 401 g/mol. The van der Waals surface area contributed by atoms with E-state index in [0.717, 1.165) is 12.0 Å². The molecule has 0 bridgehead atoms. The minimum atomic E-state index is -0.280. The summed E-state index contributed by atoms with van der Waals surface area (Å²) in [4.78, 5) is 26.4. The van der Waals surface area contributed by atoms with Gasteiger partial charge in [-0.15, -0.1) is 0 Å². The zero-order valence-corrected chi connectivity index (χ0v) is 16.9. The van der Waals surface area contributed by atoms with Gasteiger partial charge in [0.1, 0.15) is 16.9 Å². The van der Waals surface area contributed by atoms with Gasteiger partial charge in [0.05, 0.1) is 17.2 Å². The molecule has 0 spiro atoms. The van der Waals surface area contributed by atoms with Gasteiger partial charge in [-0.25, -0.2) is 9.97 Å². The van der Waals surface area contributed by atoms with Crippen molar-refractivity contribution >= 4 is 40.1 Å². The fourth-order valence-electron chi connectivity index (χ4n) is 3.13. The van der Waals surface area contributed by atoms with Gasteiger partial charge in [0.15, 0.2) is 5.65 Å². The van der Waals surface area contributed by atoms with Gasteiger partial charge in [-0.05, 0) is 30.5 Å². The van der Waals surface area contributed by atoms with Crippen molar-refractivity contribution in [2.75, 3.05) is 12.3 Å². The van der Waals surface area contributed by atoms with E-state index >= 15 is 0 Å². The van der Waals surface area contributed by atoms with Crippen molar-refractivity contribution in [3.63, 3.8) is 0 Å². The summed E-state index contributed by atoms with van der Waals surface area (Å²) in [7, 11) is 0. The van der Waals surface area contributed by atoms with Crippen LogP contribution in [-0.4, -0.2) is 38.3 Å². The molecule has 1 aromatic carbocycles. The van der Waals surface area contributed by atoms with Crippen molar-refractivity contribution in [1.82, 2.24) is 24.9 Å². The molecular weight excluding hydrogens is 378 g/mol. The summed E-state index contributed by atoms with van der Waals surface area (Å²) in [6.45, 7) is 4.77. The molecule has 0 aliphatic carbocycles. The number of carbonyl (C=O) groups excluding carboxylic acids is 1. The summed E-state index contributed by atoms with van der Waals surface area (Å²) in [6.07, 6.45) is 5.87. The smallest absolute Gasteiger partial charge is 0.257 e. The molecule has 0 radical (unpaired) electrons. The molecular formula is C22H23N7O. The second kappa shape index (κ2) is 8.28. The number of nitrogens with zero attached hydrogens (tertiary/aromatic N) is 5. The molecule has 0 aliphatic heterocycles. The molecule has 0 fully saturated rings. The number of nitrogens with one attached hydrogen (secondary N) is 1. The molecule has 0 unspecified atom stereocenters. The topological polar surface area (TPSA) is 111 Å². The van der Waals surface area contributed by atoms with Crippen LogP contribution in [0.2, 0.25) is 0 Å².